The zero-order valence-electron chi connectivity index (χ0n) is 20.8. The maximum atomic E-state index is 3.48. The summed E-state index contributed by atoms with van der Waals surface area (Å²) in [6, 6.07) is 43.6. The molecule has 36 heavy (non-hydrogen) atoms. The van der Waals surface area contributed by atoms with Gasteiger partial charge in [0.1, 0.15) is 0 Å². The minimum Gasteiger partial charge on any atom is -0.356 e. The Bertz CT molecular complexity index is 1630. The Morgan fingerprint density at radius 3 is 1.89 bits per heavy atom. The first-order valence-corrected chi connectivity index (χ1v) is 12.8. The van der Waals surface area contributed by atoms with E-state index in [0.717, 1.165) is 17.8 Å². The van der Waals surface area contributed by atoms with Crippen molar-refractivity contribution in [2.45, 2.75) is 26.2 Å². The number of fused-ring (bicyclic) bond motifs is 3. The van der Waals surface area contributed by atoms with Gasteiger partial charge >= 0.3 is 0 Å². The van der Waals surface area contributed by atoms with E-state index in [0.29, 0.717) is 5.92 Å². The van der Waals surface area contributed by atoms with Crippen molar-refractivity contribution in [1.29, 1.82) is 0 Å². The molecule has 0 radical (unpaired) electrons. The van der Waals surface area contributed by atoms with Crippen LogP contribution in [0, 0.1) is 0 Å². The molecule has 176 valence electrons. The molecule has 5 aromatic carbocycles. The van der Waals surface area contributed by atoms with Crippen LogP contribution in [0.1, 0.15) is 31.7 Å². The van der Waals surface area contributed by atoms with Crippen molar-refractivity contribution in [3.63, 3.8) is 0 Å². The van der Waals surface area contributed by atoms with Crippen molar-refractivity contribution in [2.75, 3.05) is 5.32 Å². The van der Waals surface area contributed by atoms with Gasteiger partial charge in [-0.2, -0.15) is 0 Å². The summed E-state index contributed by atoms with van der Waals surface area (Å²) < 4.78 is 2.39. The number of aromatic nitrogens is 1. The Labute approximate surface area is 212 Å². The van der Waals surface area contributed by atoms with Crippen molar-refractivity contribution in [1.82, 2.24) is 4.57 Å². The van der Waals surface area contributed by atoms with Gasteiger partial charge in [-0.25, -0.2) is 0 Å². The predicted octanol–water partition coefficient (Wildman–Crippen LogP) is 9.71. The van der Waals surface area contributed by atoms with E-state index in [1.165, 1.54) is 44.2 Å². The quantitative estimate of drug-likeness (QED) is 0.258. The molecule has 0 spiro atoms. The van der Waals surface area contributed by atoms with Gasteiger partial charge in [-0.1, -0.05) is 74.5 Å². The summed E-state index contributed by atoms with van der Waals surface area (Å²) in [7, 11) is 0. The first-order valence-electron chi connectivity index (χ1n) is 12.8. The lowest BCUT2D eigenvalue weighted by molar-refractivity contribution is 0.735. The minimum absolute atomic E-state index is 0.539. The number of hydrogen-bond acceptors (Lipinski definition) is 1. The summed E-state index contributed by atoms with van der Waals surface area (Å²) >= 11 is 0. The van der Waals surface area contributed by atoms with Crippen molar-refractivity contribution in [3.05, 3.63) is 127 Å². The summed E-state index contributed by atoms with van der Waals surface area (Å²) in [6.07, 6.45) is 1.14. The van der Waals surface area contributed by atoms with Crippen LogP contribution < -0.4 is 5.32 Å². The van der Waals surface area contributed by atoms with Crippen molar-refractivity contribution < 1.29 is 0 Å². The van der Waals surface area contributed by atoms with E-state index in [1.54, 1.807) is 0 Å². The van der Waals surface area contributed by atoms with E-state index in [2.05, 4.69) is 127 Å². The van der Waals surface area contributed by atoms with Gasteiger partial charge in [0.2, 0.25) is 0 Å². The molecule has 0 saturated carbocycles. The molecule has 1 N–H and O–H groups in total. The molecular weight excluding hydrogens is 436 g/mol. The van der Waals surface area contributed by atoms with Gasteiger partial charge < -0.3 is 9.88 Å². The van der Waals surface area contributed by atoms with Crippen LogP contribution in [0.3, 0.4) is 0 Å². The van der Waals surface area contributed by atoms with Gasteiger partial charge in [-0.15, -0.1) is 0 Å². The van der Waals surface area contributed by atoms with Crippen LogP contribution in [0.4, 0.5) is 11.4 Å². The van der Waals surface area contributed by atoms with Gasteiger partial charge in [0.05, 0.1) is 11.0 Å². The summed E-state index contributed by atoms with van der Waals surface area (Å²) in [4.78, 5) is 0. The fraction of sp³-hybridized carbons (Fsp3) is 0.118. The van der Waals surface area contributed by atoms with Crippen LogP contribution in [0.5, 0.6) is 0 Å². The normalized spacial score (nSPS) is 12.2. The Hall–Kier alpha value is -4.30. The highest BCUT2D eigenvalue weighted by atomic mass is 15.0. The Kier molecular flexibility index (Phi) is 5.79. The van der Waals surface area contributed by atoms with Crippen molar-refractivity contribution in [2.24, 2.45) is 0 Å². The van der Waals surface area contributed by atoms with Gasteiger partial charge in [0.25, 0.3) is 0 Å². The maximum Gasteiger partial charge on any atom is 0.0541 e. The summed E-state index contributed by atoms with van der Waals surface area (Å²) in [5, 5.41) is 6.09. The van der Waals surface area contributed by atoms with Gasteiger partial charge in [0.15, 0.2) is 0 Å². The summed E-state index contributed by atoms with van der Waals surface area (Å²) in [5.41, 5.74) is 9.72. The minimum atomic E-state index is 0.539. The van der Waals surface area contributed by atoms with Crippen LogP contribution >= 0.6 is 0 Å². The van der Waals surface area contributed by atoms with Gasteiger partial charge in [-0.3, -0.25) is 0 Å². The van der Waals surface area contributed by atoms with Gasteiger partial charge in [0, 0.05) is 27.8 Å². The standard InChI is InChI=1S/C34H30N2/c1-3-24(2)26-16-20-33-31(22-26)32-23-27(17-21-34(32)36(33)30-12-8-5-9-13-30)25-14-18-29(19-15-25)35-28-10-6-4-7-11-28/h4-24,35H,3H2,1-2H3. The lowest BCUT2D eigenvalue weighted by atomic mass is 9.96. The highest BCUT2D eigenvalue weighted by Crippen LogP contribution is 2.37. The van der Waals surface area contributed by atoms with E-state index < -0.39 is 0 Å². The number of para-hydroxylation sites is 2. The molecule has 0 aliphatic heterocycles. The number of nitrogens with zero attached hydrogens (tertiary/aromatic N) is 1. The van der Waals surface area contributed by atoms with E-state index in [-0.39, 0.29) is 0 Å². The number of hydrogen-bond donors (Lipinski definition) is 1. The van der Waals surface area contributed by atoms with E-state index in [1.807, 2.05) is 18.2 Å². The highest BCUT2D eigenvalue weighted by Gasteiger charge is 2.15. The molecule has 0 amide bonds. The molecule has 1 aromatic heterocycles. The molecule has 0 bridgehead atoms. The molecule has 1 atom stereocenters. The molecule has 0 fully saturated rings. The van der Waals surface area contributed by atoms with E-state index in [4.69, 9.17) is 0 Å². The fourth-order valence-electron chi connectivity index (χ4n) is 5.05. The number of benzene rings is 5. The van der Waals surface area contributed by atoms with Crippen LogP contribution in [-0.2, 0) is 0 Å². The molecule has 0 aliphatic rings. The van der Waals surface area contributed by atoms with Crippen LogP contribution in [0.2, 0.25) is 0 Å². The molecule has 2 heteroatoms. The zero-order chi connectivity index (χ0) is 24.5. The first kappa shape index (κ1) is 22.2. The number of rotatable bonds is 6. The van der Waals surface area contributed by atoms with Crippen LogP contribution in [-0.4, -0.2) is 4.57 Å². The largest absolute Gasteiger partial charge is 0.356 e. The third-order valence-corrected chi connectivity index (χ3v) is 7.27. The van der Waals surface area contributed by atoms with Crippen LogP contribution in [0.25, 0.3) is 38.6 Å². The molecule has 0 saturated heterocycles. The highest BCUT2D eigenvalue weighted by molar-refractivity contribution is 6.10. The number of anilines is 2. The molecule has 1 heterocycles. The summed E-state index contributed by atoms with van der Waals surface area (Å²) in [5.74, 6) is 0.539. The monoisotopic (exact) mass is 466 g/mol. The average molecular weight is 467 g/mol. The second kappa shape index (κ2) is 9.39. The lowest BCUT2D eigenvalue weighted by Crippen LogP contribution is -1.94. The van der Waals surface area contributed by atoms with E-state index >= 15 is 0 Å². The SMILES string of the molecule is CCC(C)c1ccc2c(c1)c1cc(-c3ccc(Nc4ccccc4)cc3)ccc1n2-c1ccccc1. The topological polar surface area (TPSA) is 17.0 Å². The Morgan fingerprint density at radius 2 is 1.19 bits per heavy atom. The predicted molar refractivity (Wildman–Crippen MR) is 155 cm³/mol. The summed E-state index contributed by atoms with van der Waals surface area (Å²) in [6.45, 7) is 4.57. The average Bonchev–Trinajstić information content (AvgIpc) is 3.27. The second-order valence-corrected chi connectivity index (χ2v) is 9.56. The fourth-order valence-corrected chi connectivity index (χ4v) is 5.05. The molecule has 1 unspecified atom stereocenters. The third-order valence-electron chi connectivity index (χ3n) is 7.27. The zero-order valence-corrected chi connectivity index (χ0v) is 20.8. The first-order chi connectivity index (χ1) is 17.7. The van der Waals surface area contributed by atoms with E-state index in [9.17, 15) is 0 Å². The molecule has 2 nitrogen and oxygen atoms in total. The Balaban J connectivity index is 1.46. The third kappa shape index (κ3) is 4.05. The number of nitrogens with one attached hydrogen (secondary N) is 1. The maximum absolute atomic E-state index is 3.48. The van der Waals surface area contributed by atoms with Crippen LogP contribution in [0.15, 0.2) is 121 Å². The smallest absolute Gasteiger partial charge is 0.0541 e. The lowest BCUT2D eigenvalue weighted by Gasteiger charge is -2.10. The molecular formula is C34H30N2. The van der Waals surface area contributed by atoms with Crippen molar-refractivity contribution >= 4 is 33.2 Å². The molecule has 6 aromatic rings. The van der Waals surface area contributed by atoms with Gasteiger partial charge in [-0.05, 0) is 89.7 Å². The second-order valence-electron chi connectivity index (χ2n) is 9.56. The Morgan fingerprint density at radius 1 is 0.611 bits per heavy atom. The molecule has 0 aliphatic carbocycles. The molecule has 6 rings (SSSR count). The van der Waals surface area contributed by atoms with Crippen molar-refractivity contribution in [3.8, 4) is 16.8 Å².